The van der Waals surface area contributed by atoms with E-state index in [2.05, 4.69) is 0 Å². The summed E-state index contributed by atoms with van der Waals surface area (Å²) in [6.45, 7) is 3.35. The van der Waals surface area contributed by atoms with Crippen LogP contribution in [-0.2, 0) is 20.0 Å². The maximum Gasteiger partial charge on any atom is 0.280 e. The zero-order valence-corrected chi connectivity index (χ0v) is 15.8. The standard InChI is InChI=1S/C18H17NO5S2/c1-14-13-18(24-15(14)2)19(25(20,21)16-9-5-3-6-10-16)26(22,23)17-11-7-4-8-12-17/h3-13H,1-2H3. The second-order valence-electron chi connectivity index (χ2n) is 5.66. The highest BCUT2D eigenvalue weighted by Gasteiger charge is 2.39. The maximum absolute atomic E-state index is 13.2. The van der Waals surface area contributed by atoms with Crippen molar-refractivity contribution in [3.8, 4) is 0 Å². The Morgan fingerprint density at radius 2 is 1.15 bits per heavy atom. The van der Waals surface area contributed by atoms with Gasteiger partial charge in [0, 0.05) is 6.07 Å². The summed E-state index contributed by atoms with van der Waals surface area (Å²) < 4.78 is 58.5. The van der Waals surface area contributed by atoms with Gasteiger partial charge in [0.25, 0.3) is 20.0 Å². The number of aryl methyl sites for hydroxylation is 2. The Labute approximate surface area is 152 Å². The Bertz CT molecular complexity index is 1030. The van der Waals surface area contributed by atoms with Crippen molar-refractivity contribution in [3.63, 3.8) is 0 Å². The van der Waals surface area contributed by atoms with Gasteiger partial charge in [-0.05, 0) is 43.7 Å². The van der Waals surface area contributed by atoms with Crippen LogP contribution in [0.5, 0.6) is 0 Å². The number of anilines is 1. The van der Waals surface area contributed by atoms with Crippen LogP contribution in [0.1, 0.15) is 11.3 Å². The summed E-state index contributed by atoms with van der Waals surface area (Å²) in [5.41, 5.74) is 0.650. The van der Waals surface area contributed by atoms with E-state index in [-0.39, 0.29) is 15.7 Å². The van der Waals surface area contributed by atoms with Crippen LogP contribution in [0.15, 0.2) is 80.9 Å². The summed E-state index contributed by atoms with van der Waals surface area (Å²) in [5, 5.41) is 0. The van der Waals surface area contributed by atoms with Crippen LogP contribution in [0, 0.1) is 13.8 Å². The van der Waals surface area contributed by atoms with Crippen molar-refractivity contribution in [2.45, 2.75) is 23.6 Å². The molecule has 0 spiro atoms. The lowest BCUT2D eigenvalue weighted by Crippen LogP contribution is -2.36. The summed E-state index contributed by atoms with van der Waals surface area (Å²) in [6.07, 6.45) is 0. The zero-order valence-electron chi connectivity index (χ0n) is 14.2. The molecular weight excluding hydrogens is 374 g/mol. The largest absolute Gasteiger partial charge is 0.443 e. The SMILES string of the molecule is Cc1cc(N(S(=O)(=O)c2ccccc2)S(=O)(=O)c2ccccc2)oc1C. The fourth-order valence-electron chi connectivity index (χ4n) is 2.39. The fourth-order valence-corrected chi connectivity index (χ4v) is 5.97. The molecule has 1 aromatic heterocycles. The predicted octanol–water partition coefficient (Wildman–Crippen LogP) is 3.48. The molecule has 6 nitrogen and oxygen atoms in total. The molecule has 0 amide bonds. The van der Waals surface area contributed by atoms with Crippen LogP contribution in [0.25, 0.3) is 0 Å². The molecule has 0 N–H and O–H groups in total. The van der Waals surface area contributed by atoms with Crippen LogP contribution in [0.4, 0.5) is 5.88 Å². The second-order valence-corrected chi connectivity index (χ2v) is 9.46. The van der Waals surface area contributed by atoms with E-state index >= 15 is 0 Å². The molecule has 0 aliphatic carbocycles. The molecule has 8 heteroatoms. The number of rotatable bonds is 5. The van der Waals surface area contributed by atoms with Gasteiger partial charge >= 0.3 is 0 Å². The van der Waals surface area contributed by atoms with Gasteiger partial charge in [-0.25, -0.2) is 0 Å². The summed E-state index contributed by atoms with van der Waals surface area (Å²) in [5.74, 6) is 0.171. The van der Waals surface area contributed by atoms with Crippen molar-refractivity contribution in [3.05, 3.63) is 78.1 Å². The maximum atomic E-state index is 13.2. The lowest BCUT2D eigenvalue weighted by atomic mass is 10.3. The molecule has 1 heterocycles. The molecule has 0 aliphatic rings. The average molecular weight is 391 g/mol. The molecule has 0 fully saturated rings. The van der Waals surface area contributed by atoms with E-state index in [0.29, 0.717) is 15.0 Å². The smallest absolute Gasteiger partial charge is 0.280 e. The summed E-state index contributed by atoms with van der Waals surface area (Å²) in [6, 6.07) is 16.2. The minimum Gasteiger partial charge on any atom is -0.443 e. The fraction of sp³-hybridized carbons (Fsp3) is 0.111. The lowest BCUT2D eigenvalue weighted by Gasteiger charge is -2.21. The summed E-state index contributed by atoms with van der Waals surface area (Å²) in [4.78, 5) is -0.294. The Morgan fingerprint density at radius 3 is 1.50 bits per heavy atom. The molecule has 0 unspecified atom stereocenters. The molecule has 0 saturated heterocycles. The first-order valence-electron chi connectivity index (χ1n) is 7.72. The first kappa shape index (κ1) is 18.2. The number of hydrogen-bond donors (Lipinski definition) is 0. The number of hydrogen-bond acceptors (Lipinski definition) is 5. The van der Waals surface area contributed by atoms with Gasteiger partial charge < -0.3 is 4.42 Å². The van der Waals surface area contributed by atoms with Crippen molar-refractivity contribution in [2.75, 3.05) is 3.71 Å². The third-order valence-corrected chi connectivity index (χ3v) is 8.00. The molecule has 26 heavy (non-hydrogen) atoms. The van der Waals surface area contributed by atoms with Gasteiger partial charge in [0.1, 0.15) is 5.76 Å². The highest BCUT2D eigenvalue weighted by molar-refractivity contribution is 8.10. The van der Waals surface area contributed by atoms with E-state index < -0.39 is 20.0 Å². The summed E-state index contributed by atoms with van der Waals surface area (Å²) in [7, 11) is -8.82. The molecule has 0 radical (unpaired) electrons. The van der Waals surface area contributed by atoms with Crippen LogP contribution in [0.3, 0.4) is 0 Å². The molecule has 2 aromatic carbocycles. The topological polar surface area (TPSA) is 84.7 Å². The first-order chi connectivity index (χ1) is 12.2. The number of sulfonamides is 2. The quantitative estimate of drug-likeness (QED) is 0.665. The van der Waals surface area contributed by atoms with Crippen LogP contribution >= 0.6 is 0 Å². The van der Waals surface area contributed by atoms with Crippen molar-refractivity contribution >= 4 is 25.9 Å². The van der Waals surface area contributed by atoms with E-state index in [1.165, 1.54) is 54.6 Å². The van der Waals surface area contributed by atoms with Crippen molar-refractivity contribution in [2.24, 2.45) is 0 Å². The van der Waals surface area contributed by atoms with E-state index in [9.17, 15) is 16.8 Å². The molecule has 3 aromatic rings. The molecule has 0 aliphatic heterocycles. The van der Waals surface area contributed by atoms with Crippen LogP contribution in [0.2, 0.25) is 0 Å². The van der Waals surface area contributed by atoms with Gasteiger partial charge in [0.05, 0.1) is 9.79 Å². The van der Waals surface area contributed by atoms with Crippen molar-refractivity contribution in [1.82, 2.24) is 0 Å². The van der Waals surface area contributed by atoms with Crippen LogP contribution in [-0.4, -0.2) is 16.8 Å². The number of furan rings is 1. The van der Waals surface area contributed by atoms with E-state index in [4.69, 9.17) is 4.42 Å². The second kappa shape index (κ2) is 6.62. The van der Waals surface area contributed by atoms with Gasteiger partial charge in [-0.2, -0.15) is 16.8 Å². The zero-order chi connectivity index (χ0) is 18.9. The number of nitrogens with zero attached hydrogens (tertiary/aromatic N) is 1. The van der Waals surface area contributed by atoms with Crippen LogP contribution < -0.4 is 3.71 Å². The minimum absolute atomic E-state index is 0.147. The Morgan fingerprint density at radius 1 is 0.731 bits per heavy atom. The molecule has 0 bridgehead atoms. The predicted molar refractivity (Wildman–Crippen MR) is 97.9 cm³/mol. The third kappa shape index (κ3) is 3.13. The third-order valence-electron chi connectivity index (χ3n) is 3.85. The van der Waals surface area contributed by atoms with Crippen molar-refractivity contribution < 1.29 is 21.3 Å². The van der Waals surface area contributed by atoms with Crippen molar-refractivity contribution in [1.29, 1.82) is 0 Å². The minimum atomic E-state index is -4.41. The molecule has 0 atom stereocenters. The van der Waals surface area contributed by atoms with E-state index in [0.717, 1.165) is 0 Å². The lowest BCUT2D eigenvalue weighted by molar-refractivity contribution is 0.532. The number of benzene rings is 2. The normalized spacial score (nSPS) is 12.1. The highest BCUT2D eigenvalue weighted by atomic mass is 32.3. The Balaban J connectivity index is 2.28. The Hall–Kier alpha value is -2.58. The summed E-state index contributed by atoms with van der Waals surface area (Å²) >= 11 is 0. The molecule has 3 rings (SSSR count). The van der Waals surface area contributed by atoms with Gasteiger partial charge in [-0.1, -0.05) is 36.4 Å². The first-order valence-corrected chi connectivity index (χ1v) is 10.6. The monoisotopic (exact) mass is 391 g/mol. The highest BCUT2D eigenvalue weighted by Crippen LogP contribution is 2.33. The van der Waals surface area contributed by atoms with Gasteiger partial charge in [-0.15, -0.1) is 3.71 Å². The van der Waals surface area contributed by atoms with E-state index in [1.54, 1.807) is 26.0 Å². The van der Waals surface area contributed by atoms with E-state index in [1.807, 2.05) is 0 Å². The molecule has 0 saturated carbocycles. The van der Waals surface area contributed by atoms with Gasteiger partial charge in [0.2, 0.25) is 5.88 Å². The van der Waals surface area contributed by atoms with Gasteiger partial charge in [-0.3, -0.25) is 0 Å². The average Bonchev–Trinajstić information content (AvgIpc) is 2.94. The van der Waals surface area contributed by atoms with Gasteiger partial charge in [0.15, 0.2) is 0 Å². The molecule has 136 valence electrons. The molecular formula is C18H17NO5S2. The Kier molecular flexibility index (Phi) is 4.64.